The maximum absolute atomic E-state index is 12.0. The highest BCUT2D eigenvalue weighted by atomic mass is 16.4. The van der Waals surface area contributed by atoms with E-state index in [9.17, 15) is 14.4 Å². The molecule has 1 saturated heterocycles. The number of rotatable bonds is 3. The normalized spacial score (nSPS) is 18.6. The molecule has 0 radical (unpaired) electrons. The summed E-state index contributed by atoms with van der Waals surface area (Å²) in [5.74, 6) is -1.19. The molecule has 1 aliphatic heterocycles. The molecule has 0 unspecified atom stereocenters. The van der Waals surface area contributed by atoms with Gasteiger partial charge in [0.1, 0.15) is 12.6 Å². The summed E-state index contributed by atoms with van der Waals surface area (Å²) < 4.78 is 0. The van der Waals surface area contributed by atoms with Gasteiger partial charge in [0.15, 0.2) is 0 Å². The summed E-state index contributed by atoms with van der Waals surface area (Å²) in [6, 6.07) is -1.18. The van der Waals surface area contributed by atoms with Gasteiger partial charge in [0.05, 0.1) is 0 Å². The minimum absolute atomic E-state index is 0.0470. The second kappa shape index (κ2) is 5.70. The molecule has 1 atom stereocenters. The van der Waals surface area contributed by atoms with Crippen molar-refractivity contribution in [2.24, 2.45) is 0 Å². The number of amides is 3. The lowest BCUT2D eigenvalue weighted by molar-refractivity contribution is -0.141. The third-order valence-electron chi connectivity index (χ3n) is 2.98. The van der Waals surface area contributed by atoms with Crippen molar-refractivity contribution >= 4 is 17.9 Å². The number of likely N-dealkylation sites (tertiary alicyclic amines) is 1. The van der Waals surface area contributed by atoms with Gasteiger partial charge in [-0.3, -0.25) is 4.79 Å². The summed E-state index contributed by atoms with van der Waals surface area (Å²) in [6.07, 6.45) is 1.15. The summed E-state index contributed by atoms with van der Waals surface area (Å²) in [6.45, 7) is 0.380. The number of urea groups is 1. The molecule has 1 N–H and O–H groups in total. The number of aliphatic carboxylic acids is 1. The first kappa shape index (κ1) is 14.3. The van der Waals surface area contributed by atoms with E-state index in [2.05, 4.69) is 0 Å². The molecule has 102 valence electrons. The van der Waals surface area contributed by atoms with Crippen molar-refractivity contribution in [3.63, 3.8) is 0 Å². The number of carbonyl (C=O) groups excluding carboxylic acids is 2. The van der Waals surface area contributed by atoms with E-state index in [4.69, 9.17) is 5.11 Å². The first-order valence-corrected chi connectivity index (χ1v) is 5.79. The molecule has 1 rings (SSSR count). The molecule has 3 amide bonds. The van der Waals surface area contributed by atoms with E-state index < -0.39 is 18.0 Å². The first-order valence-electron chi connectivity index (χ1n) is 5.79. The van der Waals surface area contributed by atoms with Crippen LogP contribution in [-0.4, -0.2) is 78.0 Å². The zero-order valence-corrected chi connectivity index (χ0v) is 10.9. The topological polar surface area (TPSA) is 81.2 Å². The SMILES string of the molecule is CN(C)C(=O)CN(C)C(=O)N1CCC[C@H]1C(=O)O. The molecular weight excluding hydrogens is 238 g/mol. The van der Waals surface area contributed by atoms with Gasteiger partial charge in [-0.15, -0.1) is 0 Å². The van der Waals surface area contributed by atoms with Crippen LogP contribution in [0.5, 0.6) is 0 Å². The van der Waals surface area contributed by atoms with Gasteiger partial charge in [-0.2, -0.15) is 0 Å². The van der Waals surface area contributed by atoms with Crippen molar-refractivity contribution in [2.45, 2.75) is 18.9 Å². The van der Waals surface area contributed by atoms with Crippen molar-refractivity contribution in [3.8, 4) is 0 Å². The average molecular weight is 257 g/mol. The molecule has 7 nitrogen and oxygen atoms in total. The molecule has 0 aromatic carbocycles. The monoisotopic (exact) mass is 257 g/mol. The molecule has 7 heteroatoms. The van der Waals surface area contributed by atoms with Crippen LogP contribution >= 0.6 is 0 Å². The minimum atomic E-state index is -0.992. The van der Waals surface area contributed by atoms with Crippen LogP contribution in [0.4, 0.5) is 4.79 Å². The molecule has 18 heavy (non-hydrogen) atoms. The second-order valence-electron chi connectivity index (χ2n) is 4.62. The molecule has 0 aliphatic carbocycles. The van der Waals surface area contributed by atoms with Gasteiger partial charge in [-0.25, -0.2) is 9.59 Å². The average Bonchev–Trinajstić information content (AvgIpc) is 2.76. The van der Waals surface area contributed by atoms with E-state index in [0.29, 0.717) is 19.4 Å². The lowest BCUT2D eigenvalue weighted by Gasteiger charge is -2.27. The minimum Gasteiger partial charge on any atom is -0.480 e. The number of hydrogen-bond acceptors (Lipinski definition) is 3. The Morgan fingerprint density at radius 2 is 1.89 bits per heavy atom. The predicted octanol–water partition coefficient (Wildman–Crippen LogP) is -0.325. The van der Waals surface area contributed by atoms with Crippen LogP contribution < -0.4 is 0 Å². The number of carboxylic acids is 1. The predicted molar refractivity (Wildman–Crippen MR) is 64.1 cm³/mol. The van der Waals surface area contributed by atoms with Crippen molar-refractivity contribution in [1.82, 2.24) is 14.7 Å². The standard InChI is InChI=1S/C11H19N3O4/c1-12(2)9(15)7-13(3)11(18)14-6-4-5-8(14)10(16)17/h8H,4-7H2,1-3H3,(H,16,17)/t8-/m0/s1. The third-order valence-corrected chi connectivity index (χ3v) is 2.98. The number of carbonyl (C=O) groups is 3. The van der Waals surface area contributed by atoms with Crippen molar-refractivity contribution in [1.29, 1.82) is 0 Å². The Balaban J connectivity index is 2.63. The molecule has 0 spiro atoms. The summed E-state index contributed by atoms with van der Waals surface area (Å²) in [4.78, 5) is 38.5. The molecule has 0 aromatic rings. The fourth-order valence-corrected chi connectivity index (χ4v) is 1.88. The molecule has 1 fully saturated rings. The summed E-state index contributed by atoms with van der Waals surface area (Å²) >= 11 is 0. The van der Waals surface area contributed by atoms with Gasteiger partial charge in [0, 0.05) is 27.7 Å². The zero-order chi connectivity index (χ0) is 13.9. The summed E-state index contributed by atoms with van der Waals surface area (Å²) in [7, 11) is 4.72. The van der Waals surface area contributed by atoms with Crippen LogP contribution in [-0.2, 0) is 9.59 Å². The Morgan fingerprint density at radius 1 is 1.28 bits per heavy atom. The van der Waals surface area contributed by atoms with Gasteiger partial charge in [0.25, 0.3) is 0 Å². The largest absolute Gasteiger partial charge is 0.480 e. The van der Waals surface area contributed by atoms with E-state index in [1.165, 1.54) is 21.7 Å². The van der Waals surface area contributed by atoms with Crippen LogP contribution in [0.1, 0.15) is 12.8 Å². The van der Waals surface area contributed by atoms with E-state index in [0.717, 1.165) is 0 Å². The Bertz CT molecular complexity index is 356. The molecule has 1 heterocycles. The van der Waals surface area contributed by atoms with Gasteiger partial charge in [0.2, 0.25) is 5.91 Å². The van der Waals surface area contributed by atoms with Crippen LogP contribution in [0.15, 0.2) is 0 Å². The van der Waals surface area contributed by atoms with Crippen LogP contribution in [0.3, 0.4) is 0 Å². The van der Waals surface area contributed by atoms with Gasteiger partial charge in [-0.1, -0.05) is 0 Å². The third kappa shape index (κ3) is 3.12. The van der Waals surface area contributed by atoms with Crippen molar-refractivity contribution < 1.29 is 19.5 Å². The number of hydrogen-bond donors (Lipinski definition) is 1. The van der Waals surface area contributed by atoms with Gasteiger partial charge in [-0.05, 0) is 12.8 Å². The smallest absolute Gasteiger partial charge is 0.326 e. The molecule has 0 aromatic heterocycles. The van der Waals surface area contributed by atoms with E-state index >= 15 is 0 Å². The first-order chi connectivity index (χ1) is 8.34. The number of carboxylic acid groups (broad SMARTS) is 1. The second-order valence-corrected chi connectivity index (χ2v) is 4.62. The maximum atomic E-state index is 12.0. The Labute approximate surface area is 106 Å². The maximum Gasteiger partial charge on any atom is 0.326 e. The summed E-state index contributed by atoms with van der Waals surface area (Å²) in [5, 5.41) is 9.00. The van der Waals surface area contributed by atoms with Crippen LogP contribution in [0.2, 0.25) is 0 Å². The lowest BCUT2D eigenvalue weighted by atomic mass is 10.2. The number of likely N-dealkylation sites (N-methyl/N-ethyl adjacent to an activating group) is 2. The van der Waals surface area contributed by atoms with Crippen molar-refractivity contribution in [2.75, 3.05) is 34.2 Å². The lowest BCUT2D eigenvalue weighted by Crippen LogP contribution is -2.49. The fraction of sp³-hybridized carbons (Fsp3) is 0.727. The highest BCUT2D eigenvalue weighted by molar-refractivity contribution is 5.86. The number of nitrogens with zero attached hydrogens (tertiary/aromatic N) is 3. The van der Waals surface area contributed by atoms with E-state index in [-0.39, 0.29) is 12.5 Å². The molecule has 0 saturated carbocycles. The molecule has 1 aliphatic rings. The Hall–Kier alpha value is -1.79. The zero-order valence-electron chi connectivity index (χ0n) is 10.9. The fourth-order valence-electron chi connectivity index (χ4n) is 1.88. The van der Waals surface area contributed by atoms with Crippen LogP contribution in [0.25, 0.3) is 0 Å². The van der Waals surface area contributed by atoms with Crippen LogP contribution in [0, 0.1) is 0 Å². The molecule has 0 bridgehead atoms. The Kier molecular flexibility index (Phi) is 4.52. The quantitative estimate of drug-likeness (QED) is 0.751. The highest BCUT2D eigenvalue weighted by Crippen LogP contribution is 2.18. The van der Waals surface area contributed by atoms with Crippen molar-refractivity contribution in [3.05, 3.63) is 0 Å². The summed E-state index contributed by atoms with van der Waals surface area (Å²) in [5.41, 5.74) is 0. The molecular formula is C11H19N3O4. The van der Waals surface area contributed by atoms with Gasteiger partial charge >= 0.3 is 12.0 Å². The van der Waals surface area contributed by atoms with E-state index in [1.807, 2.05) is 0 Å². The van der Waals surface area contributed by atoms with E-state index in [1.54, 1.807) is 14.1 Å². The highest BCUT2D eigenvalue weighted by Gasteiger charge is 2.35. The Morgan fingerprint density at radius 3 is 2.39 bits per heavy atom. The van der Waals surface area contributed by atoms with Gasteiger partial charge < -0.3 is 19.8 Å².